The van der Waals surface area contributed by atoms with Crippen molar-refractivity contribution in [3.05, 3.63) is 34.5 Å². The lowest BCUT2D eigenvalue weighted by molar-refractivity contribution is 0.158. The number of aliphatic imine (C=N–C) groups is 1. The molecule has 0 aliphatic rings. The van der Waals surface area contributed by atoms with Crippen molar-refractivity contribution in [2.24, 2.45) is 10.7 Å². The molecule has 0 amide bonds. The number of terminal acetylenes is 1. The third-order valence-corrected chi connectivity index (χ3v) is 3.72. The highest BCUT2D eigenvalue weighted by Crippen LogP contribution is 2.39. The first kappa shape index (κ1) is 19.4. The Morgan fingerprint density at radius 1 is 1.50 bits per heavy atom. The lowest BCUT2D eigenvalue weighted by Crippen LogP contribution is -2.15. The predicted octanol–water partition coefficient (Wildman–Crippen LogP) is 3.84. The van der Waals surface area contributed by atoms with E-state index < -0.39 is 22.8 Å². The van der Waals surface area contributed by atoms with Crippen molar-refractivity contribution in [1.29, 1.82) is 0 Å². The van der Waals surface area contributed by atoms with Gasteiger partial charge < -0.3 is 10.5 Å². The molecule has 136 valence electrons. The monoisotopic (exact) mass is 380 g/mol. The molecule has 1 heterocycles. The van der Waals surface area contributed by atoms with E-state index in [2.05, 4.69) is 16.0 Å². The molecule has 0 saturated carbocycles. The van der Waals surface area contributed by atoms with E-state index >= 15 is 0 Å². The summed E-state index contributed by atoms with van der Waals surface area (Å²) < 4.78 is 33.6. The van der Waals surface area contributed by atoms with Crippen LogP contribution in [0.3, 0.4) is 0 Å². The second kappa shape index (κ2) is 7.97. The van der Waals surface area contributed by atoms with Crippen molar-refractivity contribution in [2.75, 3.05) is 6.61 Å². The van der Waals surface area contributed by atoms with Crippen molar-refractivity contribution in [1.82, 2.24) is 9.78 Å². The minimum atomic E-state index is -0.957. The number of halogens is 3. The first-order valence-corrected chi connectivity index (χ1v) is 7.82. The number of aromatic nitrogens is 2. The summed E-state index contributed by atoms with van der Waals surface area (Å²) in [7, 11) is 0. The zero-order chi connectivity index (χ0) is 19.4. The van der Waals surface area contributed by atoms with Crippen LogP contribution >= 0.6 is 11.6 Å². The quantitative estimate of drug-likeness (QED) is 0.378. The third kappa shape index (κ3) is 3.68. The summed E-state index contributed by atoms with van der Waals surface area (Å²) >= 11 is 5.54. The largest absolute Gasteiger partial charge is 0.437 e. The van der Waals surface area contributed by atoms with Gasteiger partial charge in [0.2, 0.25) is 0 Å². The van der Waals surface area contributed by atoms with Gasteiger partial charge in [0.05, 0.1) is 17.6 Å². The molecule has 2 N–H and O–H groups in total. The fraction of sp³-hybridized carbons (Fsp3) is 0.235. The number of rotatable bonds is 4. The maximum absolute atomic E-state index is 13.9. The lowest BCUT2D eigenvalue weighted by atomic mass is 9.99. The Morgan fingerprint density at radius 3 is 2.62 bits per heavy atom. The van der Waals surface area contributed by atoms with Gasteiger partial charge in [0, 0.05) is 0 Å². The van der Waals surface area contributed by atoms with Crippen molar-refractivity contribution in [2.45, 2.75) is 19.8 Å². The molecule has 0 unspecified atom stereocenters. The van der Waals surface area contributed by atoms with Crippen molar-refractivity contribution in [3.63, 3.8) is 0 Å². The highest BCUT2D eigenvalue weighted by molar-refractivity contribution is 6.31. The molecule has 0 fully saturated rings. The molecular formula is C17H15ClF2N4O2. The first-order valence-electron chi connectivity index (χ1n) is 7.44. The smallest absolute Gasteiger partial charge is 0.435 e. The van der Waals surface area contributed by atoms with E-state index in [9.17, 15) is 13.6 Å². The van der Waals surface area contributed by atoms with Crippen LogP contribution < -0.4 is 5.73 Å². The summed E-state index contributed by atoms with van der Waals surface area (Å²) in [5.41, 5.74) is 6.06. The number of carbonyl (C=O) groups excluding carboxylic acids is 1. The standard InChI is InChI=1S/C17H15ClF2N4O2/c1-4-5-26-17(25)24-16(22-8-21)13(15(23-24)9(2)3)10-6-11(19)14(18)12(20)7-10/h1,6-9H,5H2,2-3H3,(H2,21,22). The zero-order valence-electron chi connectivity index (χ0n) is 14.0. The average molecular weight is 381 g/mol. The fourth-order valence-electron chi connectivity index (χ4n) is 2.29. The Kier molecular flexibility index (Phi) is 5.95. The number of ether oxygens (including phenoxy) is 1. The molecule has 0 bridgehead atoms. The van der Waals surface area contributed by atoms with E-state index in [-0.39, 0.29) is 29.5 Å². The maximum atomic E-state index is 13.9. The molecule has 2 rings (SSSR count). The maximum Gasteiger partial charge on any atom is 0.437 e. The van der Waals surface area contributed by atoms with Crippen molar-refractivity contribution >= 4 is 29.9 Å². The molecular weight excluding hydrogens is 366 g/mol. The van der Waals surface area contributed by atoms with Gasteiger partial charge in [-0.05, 0) is 23.6 Å². The van der Waals surface area contributed by atoms with E-state index in [1.807, 2.05) is 0 Å². The molecule has 0 atom stereocenters. The van der Waals surface area contributed by atoms with Gasteiger partial charge in [-0.2, -0.15) is 5.10 Å². The van der Waals surface area contributed by atoms with Gasteiger partial charge in [-0.25, -0.2) is 18.6 Å². The van der Waals surface area contributed by atoms with Gasteiger partial charge in [0.1, 0.15) is 16.7 Å². The van der Waals surface area contributed by atoms with Gasteiger partial charge in [-0.15, -0.1) is 11.1 Å². The number of nitrogens with two attached hydrogens (primary N) is 1. The molecule has 9 heteroatoms. The molecule has 0 saturated heterocycles. The number of benzene rings is 1. The number of hydrogen-bond donors (Lipinski definition) is 1. The van der Waals surface area contributed by atoms with Crippen LogP contribution in [-0.4, -0.2) is 28.8 Å². The summed E-state index contributed by atoms with van der Waals surface area (Å²) in [6, 6.07) is 2.06. The lowest BCUT2D eigenvalue weighted by Gasteiger charge is -2.08. The van der Waals surface area contributed by atoms with E-state index in [4.69, 9.17) is 28.5 Å². The molecule has 6 nitrogen and oxygen atoms in total. The van der Waals surface area contributed by atoms with Crippen LogP contribution in [0.5, 0.6) is 0 Å². The van der Waals surface area contributed by atoms with Crippen LogP contribution in [-0.2, 0) is 4.74 Å². The molecule has 1 aromatic carbocycles. The first-order chi connectivity index (χ1) is 12.3. The summed E-state index contributed by atoms with van der Waals surface area (Å²) in [6.45, 7) is 3.31. The van der Waals surface area contributed by atoms with Crippen LogP contribution in [0.1, 0.15) is 25.5 Å². The minimum Gasteiger partial charge on any atom is -0.435 e. The Morgan fingerprint density at radius 2 is 2.12 bits per heavy atom. The molecule has 26 heavy (non-hydrogen) atoms. The van der Waals surface area contributed by atoms with Crippen LogP contribution in [0.4, 0.5) is 19.4 Å². The van der Waals surface area contributed by atoms with Gasteiger partial charge >= 0.3 is 6.09 Å². The van der Waals surface area contributed by atoms with Gasteiger partial charge in [0.25, 0.3) is 0 Å². The summed E-state index contributed by atoms with van der Waals surface area (Å²) in [6.07, 6.45) is 5.10. The van der Waals surface area contributed by atoms with Gasteiger partial charge in [-0.3, -0.25) is 0 Å². The van der Waals surface area contributed by atoms with Crippen LogP contribution in [0.25, 0.3) is 11.1 Å². The Balaban J connectivity index is 2.77. The normalized spacial score (nSPS) is 11.1. The topological polar surface area (TPSA) is 82.5 Å². The van der Waals surface area contributed by atoms with Gasteiger partial charge in [-0.1, -0.05) is 31.4 Å². The second-order valence-corrected chi connectivity index (χ2v) is 5.82. The van der Waals surface area contributed by atoms with E-state index in [0.717, 1.165) is 23.2 Å². The summed E-state index contributed by atoms with van der Waals surface area (Å²) in [4.78, 5) is 16.1. The SMILES string of the molecule is C#CCOC(=O)n1nc(C(C)C)c(-c2cc(F)c(Cl)c(F)c2)c1/N=C\N. The molecule has 0 aliphatic carbocycles. The fourth-order valence-corrected chi connectivity index (χ4v) is 2.40. The number of carbonyl (C=O) groups is 1. The molecule has 2 aromatic rings. The number of hydrogen-bond acceptors (Lipinski definition) is 4. The van der Waals surface area contributed by atoms with Crippen LogP contribution in [0.15, 0.2) is 17.1 Å². The molecule has 0 spiro atoms. The highest BCUT2D eigenvalue weighted by atomic mass is 35.5. The second-order valence-electron chi connectivity index (χ2n) is 5.44. The van der Waals surface area contributed by atoms with Gasteiger partial charge in [0.15, 0.2) is 12.4 Å². The Labute approximate surface area is 153 Å². The Bertz CT molecular complexity index is 893. The van der Waals surface area contributed by atoms with E-state index in [1.54, 1.807) is 13.8 Å². The average Bonchev–Trinajstić information content (AvgIpc) is 2.97. The minimum absolute atomic E-state index is 0.0423. The van der Waals surface area contributed by atoms with Crippen molar-refractivity contribution in [3.8, 4) is 23.5 Å². The molecule has 0 radical (unpaired) electrons. The van der Waals surface area contributed by atoms with E-state index in [1.165, 1.54) is 0 Å². The summed E-state index contributed by atoms with van der Waals surface area (Å²) in [5.74, 6) is -0.00818. The van der Waals surface area contributed by atoms with Crippen LogP contribution in [0, 0.1) is 24.0 Å². The summed E-state index contributed by atoms with van der Waals surface area (Å²) in [5, 5.41) is 3.53. The Hall–Kier alpha value is -2.92. The predicted molar refractivity (Wildman–Crippen MR) is 94.6 cm³/mol. The molecule has 1 aromatic heterocycles. The molecule has 0 aliphatic heterocycles. The zero-order valence-corrected chi connectivity index (χ0v) is 14.7. The number of nitrogens with zero attached hydrogens (tertiary/aromatic N) is 3. The highest BCUT2D eigenvalue weighted by Gasteiger charge is 2.26. The third-order valence-electron chi connectivity index (χ3n) is 3.36. The van der Waals surface area contributed by atoms with Crippen molar-refractivity contribution < 1.29 is 18.3 Å². The van der Waals surface area contributed by atoms with Crippen LogP contribution in [0.2, 0.25) is 5.02 Å². The van der Waals surface area contributed by atoms with E-state index in [0.29, 0.717) is 5.69 Å².